The summed E-state index contributed by atoms with van der Waals surface area (Å²) in [5.74, 6) is 0. The molecule has 0 aliphatic rings. The van der Waals surface area contributed by atoms with E-state index in [0.717, 1.165) is 11.4 Å². The number of hydrogen-bond donors (Lipinski definition) is 0. The van der Waals surface area contributed by atoms with Gasteiger partial charge in [0.25, 0.3) is 0 Å². The molecule has 9 aromatic carbocycles. The van der Waals surface area contributed by atoms with Crippen LogP contribution < -0.4 is 9.80 Å². The van der Waals surface area contributed by atoms with E-state index in [4.69, 9.17) is 0 Å². The zero-order valence-electron chi connectivity index (χ0n) is 39.7. The predicted octanol–water partition coefficient (Wildman–Crippen LogP) is 19.5. The Hall–Kier alpha value is -6.46. The number of hydrogen-bond acceptors (Lipinski definition) is 4. The summed E-state index contributed by atoms with van der Waals surface area (Å²) in [7, 11) is 0. The van der Waals surface area contributed by atoms with E-state index in [1.807, 2.05) is 22.7 Å². The van der Waals surface area contributed by atoms with Crippen LogP contribution >= 0.6 is 22.7 Å². The average Bonchev–Trinajstić information content (AvgIpc) is 3.85. The van der Waals surface area contributed by atoms with Gasteiger partial charge in [0.2, 0.25) is 0 Å². The minimum atomic E-state index is -0.0943. The third-order valence-electron chi connectivity index (χ3n) is 13.4. The largest absolute Gasteiger partial charge is 0.308 e. The van der Waals surface area contributed by atoms with Gasteiger partial charge >= 0.3 is 0 Å². The van der Waals surface area contributed by atoms with Crippen LogP contribution in [0.25, 0.3) is 61.9 Å². The molecule has 0 aliphatic carbocycles. The zero-order valence-corrected chi connectivity index (χ0v) is 41.4. The molecule has 0 saturated heterocycles. The molecule has 0 radical (unpaired) electrons. The van der Waals surface area contributed by atoms with Gasteiger partial charge in [-0.25, -0.2) is 0 Å². The maximum absolute atomic E-state index is 2.61. The van der Waals surface area contributed by atoms with E-state index in [-0.39, 0.29) is 10.8 Å². The Bertz CT molecular complexity index is 3450. The molecule has 0 aliphatic heterocycles. The molecule has 66 heavy (non-hydrogen) atoms. The van der Waals surface area contributed by atoms with Gasteiger partial charge in [0.15, 0.2) is 0 Å². The first kappa shape index (κ1) is 42.2. The summed E-state index contributed by atoms with van der Waals surface area (Å²) in [6.07, 6.45) is 0. The number of anilines is 6. The Balaban J connectivity index is 1.36. The van der Waals surface area contributed by atoms with Gasteiger partial charge < -0.3 is 9.80 Å². The second-order valence-electron chi connectivity index (χ2n) is 20.6. The number of fused-ring (bicyclic) bond motifs is 8. The van der Waals surface area contributed by atoms with Crippen LogP contribution in [0, 0.1) is 27.7 Å². The molecule has 2 aromatic heterocycles. The molecule has 0 N–H and O–H groups in total. The highest BCUT2D eigenvalue weighted by atomic mass is 32.1. The van der Waals surface area contributed by atoms with Crippen molar-refractivity contribution < 1.29 is 0 Å². The lowest BCUT2D eigenvalue weighted by Crippen LogP contribution is -2.17. The molecule has 4 heteroatoms. The fourth-order valence-corrected chi connectivity index (χ4v) is 12.8. The first-order valence-corrected chi connectivity index (χ1v) is 24.9. The molecule has 0 bridgehead atoms. The summed E-state index contributed by atoms with van der Waals surface area (Å²) in [6, 6.07) is 60.4. The molecule has 0 fully saturated rings. The van der Waals surface area contributed by atoms with Gasteiger partial charge in [-0.3, -0.25) is 0 Å². The van der Waals surface area contributed by atoms with E-state index in [1.165, 1.54) is 118 Å². The maximum Gasteiger partial charge on any atom is 0.0640 e. The van der Waals surface area contributed by atoms with Crippen molar-refractivity contribution >= 4 is 119 Å². The molecule has 2 nitrogen and oxygen atoms in total. The third kappa shape index (κ3) is 7.05. The van der Waals surface area contributed by atoms with E-state index in [2.05, 4.69) is 237 Å². The molecule has 0 amide bonds. The van der Waals surface area contributed by atoms with E-state index in [0.29, 0.717) is 0 Å². The molecule has 0 unspecified atom stereocenters. The third-order valence-corrected chi connectivity index (χ3v) is 15.8. The zero-order chi connectivity index (χ0) is 45.8. The fraction of sp³-hybridized carbons (Fsp3) is 0.194. The maximum atomic E-state index is 2.61. The lowest BCUT2D eigenvalue weighted by molar-refractivity contribution is 0.590. The van der Waals surface area contributed by atoms with Gasteiger partial charge in [-0.05, 0) is 133 Å². The Morgan fingerprint density at radius 2 is 0.697 bits per heavy atom. The van der Waals surface area contributed by atoms with Gasteiger partial charge in [-0.1, -0.05) is 139 Å². The van der Waals surface area contributed by atoms with Crippen LogP contribution in [-0.2, 0) is 10.8 Å². The van der Waals surface area contributed by atoms with Crippen molar-refractivity contribution in [1.82, 2.24) is 0 Å². The van der Waals surface area contributed by atoms with Crippen LogP contribution in [0.4, 0.5) is 34.1 Å². The van der Waals surface area contributed by atoms with Crippen molar-refractivity contribution in [3.8, 4) is 0 Å². The second kappa shape index (κ2) is 15.6. The van der Waals surface area contributed by atoms with Crippen LogP contribution in [0.2, 0.25) is 0 Å². The Labute approximate surface area is 397 Å². The highest BCUT2D eigenvalue weighted by molar-refractivity contribution is 7.26. The fourth-order valence-electron chi connectivity index (χ4n) is 10.4. The van der Waals surface area contributed by atoms with Crippen LogP contribution in [0.5, 0.6) is 0 Å². The molecule has 2 heterocycles. The minimum Gasteiger partial charge on any atom is -0.308 e. The molecular weight excluding hydrogens is 837 g/mol. The van der Waals surface area contributed by atoms with E-state index in [1.54, 1.807) is 0 Å². The highest BCUT2D eigenvalue weighted by Crippen LogP contribution is 2.55. The lowest BCUT2D eigenvalue weighted by atomic mass is 9.82. The quantitative estimate of drug-likeness (QED) is 0.121. The molecular formula is C62H56N2S2. The number of nitrogens with zero attached hydrogens (tertiary/aromatic N) is 2. The van der Waals surface area contributed by atoms with Gasteiger partial charge in [-0.15, -0.1) is 22.7 Å². The average molecular weight is 893 g/mol. The van der Waals surface area contributed by atoms with Crippen LogP contribution in [-0.4, -0.2) is 0 Å². The van der Waals surface area contributed by atoms with Crippen molar-refractivity contribution in [2.45, 2.75) is 80.1 Å². The highest BCUT2D eigenvalue weighted by Gasteiger charge is 2.30. The number of aryl methyl sites for hydroxylation is 4. The summed E-state index contributed by atoms with van der Waals surface area (Å²) in [5, 5.41) is 10.1. The molecule has 11 aromatic rings. The normalized spacial score (nSPS) is 12.4. The van der Waals surface area contributed by atoms with Crippen molar-refractivity contribution in [1.29, 1.82) is 0 Å². The van der Waals surface area contributed by atoms with Crippen LogP contribution in [0.1, 0.15) is 74.9 Å². The van der Waals surface area contributed by atoms with Gasteiger partial charge in [0.1, 0.15) is 0 Å². The van der Waals surface area contributed by atoms with Crippen LogP contribution in [0.15, 0.2) is 158 Å². The predicted molar refractivity (Wildman–Crippen MR) is 293 cm³/mol. The smallest absolute Gasteiger partial charge is 0.0640 e. The Morgan fingerprint density at radius 1 is 0.333 bits per heavy atom. The minimum absolute atomic E-state index is 0.0943. The van der Waals surface area contributed by atoms with Crippen molar-refractivity contribution in [2.75, 3.05) is 9.80 Å². The van der Waals surface area contributed by atoms with E-state index < -0.39 is 0 Å². The molecule has 0 spiro atoms. The summed E-state index contributed by atoms with van der Waals surface area (Å²) < 4.78 is 5.18. The summed E-state index contributed by atoms with van der Waals surface area (Å²) in [4.78, 5) is 5.23. The van der Waals surface area contributed by atoms with E-state index >= 15 is 0 Å². The van der Waals surface area contributed by atoms with Crippen molar-refractivity contribution in [3.63, 3.8) is 0 Å². The number of thiophene rings is 2. The number of rotatable bonds is 6. The SMILES string of the molecule is Cc1cc(C)cc(N(c2c3ccc(C(C)(C)C)cc3c(N(c3cc(C)cc(C)c3)c3cccc4c3sc3ccccc34)c3ccc(C(C)(C)C)cc23)c2cccc3c2sc2ccccc23)c1. The standard InChI is InChI=1S/C62H56N2S2/c1-37-29-38(2)32-43(31-37)63(53-21-15-19-49-45-17-11-13-23-55(45)65-59(49)53)57-47-27-25-42(62(8,9)10)36-52(47)58(48-28-26-41(35-51(48)57)61(5,6)7)64(44-33-39(3)30-40(4)34-44)54-22-16-20-50-46-18-12-14-24-56(46)66-60(50)54/h11-36H,1-10H3. The van der Waals surface area contributed by atoms with Crippen molar-refractivity contribution in [3.05, 3.63) is 191 Å². The van der Waals surface area contributed by atoms with Crippen molar-refractivity contribution in [2.24, 2.45) is 0 Å². The summed E-state index contributed by atoms with van der Waals surface area (Å²) in [5.41, 5.74) is 14.5. The first-order chi connectivity index (χ1) is 31.6. The van der Waals surface area contributed by atoms with E-state index in [9.17, 15) is 0 Å². The van der Waals surface area contributed by atoms with Gasteiger partial charge in [0, 0.05) is 63.9 Å². The molecule has 326 valence electrons. The Kier molecular flexibility index (Phi) is 9.96. The lowest BCUT2D eigenvalue weighted by Gasteiger charge is -2.35. The van der Waals surface area contributed by atoms with Gasteiger partial charge in [-0.2, -0.15) is 0 Å². The summed E-state index contributed by atoms with van der Waals surface area (Å²) in [6.45, 7) is 23.0. The first-order valence-electron chi connectivity index (χ1n) is 23.2. The molecule has 0 atom stereocenters. The monoisotopic (exact) mass is 892 g/mol. The number of benzene rings is 9. The van der Waals surface area contributed by atoms with Gasteiger partial charge in [0.05, 0.1) is 32.1 Å². The second-order valence-corrected chi connectivity index (χ2v) is 22.7. The molecule has 11 rings (SSSR count). The Morgan fingerprint density at radius 3 is 1.08 bits per heavy atom. The van der Waals surface area contributed by atoms with Crippen LogP contribution in [0.3, 0.4) is 0 Å². The topological polar surface area (TPSA) is 6.48 Å². The summed E-state index contributed by atoms with van der Waals surface area (Å²) >= 11 is 3.80. The molecule has 0 saturated carbocycles.